The quantitative estimate of drug-likeness (QED) is 0.903. The zero-order valence-electron chi connectivity index (χ0n) is 13.6. The Morgan fingerprint density at radius 3 is 2.68 bits per heavy atom. The first-order chi connectivity index (χ1) is 12.1. The molecule has 1 aromatic heterocycles. The highest BCUT2D eigenvalue weighted by atomic mass is 19.1. The Bertz CT molecular complexity index is 720. The molecule has 1 amide bonds. The molecule has 0 atom stereocenters. The van der Waals surface area contributed by atoms with E-state index in [0.29, 0.717) is 5.88 Å². The van der Waals surface area contributed by atoms with Crippen LogP contribution in [0.15, 0.2) is 36.8 Å². The van der Waals surface area contributed by atoms with E-state index in [0.717, 1.165) is 37.8 Å². The molecule has 1 aliphatic rings. The lowest BCUT2D eigenvalue weighted by molar-refractivity contribution is -0.121. The van der Waals surface area contributed by atoms with E-state index in [4.69, 9.17) is 4.74 Å². The summed E-state index contributed by atoms with van der Waals surface area (Å²) in [5.74, 6) is -1.11. The molecule has 0 radical (unpaired) electrons. The number of amides is 1. The Kier molecular flexibility index (Phi) is 5.53. The van der Waals surface area contributed by atoms with Crippen LogP contribution >= 0.6 is 0 Å². The van der Waals surface area contributed by atoms with Crippen molar-refractivity contribution in [1.82, 2.24) is 15.3 Å². The first kappa shape index (κ1) is 17.3. The number of carbonyl (C=O) groups is 1. The van der Waals surface area contributed by atoms with Crippen LogP contribution in [0.2, 0.25) is 0 Å². The predicted octanol–water partition coefficient (Wildman–Crippen LogP) is 2.80. The smallest absolute Gasteiger partial charge is 0.232 e. The number of hydrogen-bond acceptors (Lipinski definition) is 4. The molecule has 1 aromatic carbocycles. The van der Waals surface area contributed by atoms with Crippen LogP contribution in [0, 0.1) is 11.6 Å². The standard InChI is InChI=1S/C18H19F2N3O2/c19-13-2-1-12(16(20)10-13)9-17(24)23-14-3-5-15(6-4-14)25-18-11-21-7-8-22-18/h1-2,7-8,10-11,14-15H,3-6,9H2,(H,23,24). The molecule has 132 valence electrons. The van der Waals surface area contributed by atoms with Crippen LogP contribution < -0.4 is 10.1 Å². The van der Waals surface area contributed by atoms with Crippen LogP contribution in [-0.2, 0) is 11.2 Å². The Morgan fingerprint density at radius 1 is 1.20 bits per heavy atom. The zero-order chi connectivity index (χ0) is 17.6. The average molecular weight is 347 g/mol. The van der Waals surface area contributed by atoms with Crippen LogP contribution in [0.25, 0.3) is 0 Å². The summed E-state index contributed by atoms with van der Waals surface area (Å²) in [6.07, 6.45) is 7.86. The van der Waals surface area contributed by atoms with Gasteiger partial charge in [-0.1, -0.05) is 6.07 Å². The third kappa shape index (κ3) is 4.95. The molecule has 1 saturated carbocycles. The Labute approximate surface area is 144 Å². The lowest BCUT2D eigenvalue weighted by Gasteiger charge is -2.29. The minimum Gasteiger partial charge on any atom is -0.473 e. The molecule has 3 rings (SSSR count). The van der Waals surface area contributed by atoms with Gasteiger partial charge in [0, 0.05) is 24.5 Å². The Balaban J connectivity index is 1.44. The van der Waals surface area contributed by atoms with Crippen molar-refractivity contribution in [2.45, 2.75) is 44.2 Å². The molecule has 25 heavy (non-hydrogen) atoms. The molecule has 1 N–H and O–H groups in total. The van der Waals surface area contributed by atoms with E-state index >= 15 is 0 Å². The summed E-state index contributed by atoms with van der Waals surface area (Å²) < 4.78 is 32.2. The Hall–Kier alpha value is -2.57. The summed E-state index contributed by atoms with van der Waals surface area (Å²) >= 11 is 0. The van der Waals surface area contributed by atoms with Crippen molar-refractivity contribution in [3.63, 3.8) is 0 Å². The Morgan fingerprint density at radius 2 is 2.00 bits per heavy atom. The summed E-state index contributed by atoms with van der Waals surface area (Å²) in [6, 6.07) is 3.28. The highest BCUT2D eigenvalue weighted by Crippen LogP contribution is 2.22. The predicted molar refractivity (Wildman–Crippen MR) is 86.9 cm³/mol. The average Bonchev–Trinajstić information content (AvgIpc) is 2.60. The van der Waals surface area contributed by atoms with Crippen LogP contribution in [-0.4, -0.2) is 28.0 Å². The summed E-state index contributed by atoms with van der Waals surface area (Å²) in [5, 5.41) is 2.91. The monoisotopic (exact) mass is 347 g/mol. The molecule has 1 fully saturated rings. The van der Waals surface area contributed by atoms with Crippen molar-refractivity contribution in [1.29, 1.82) is 0 Å². The van der Waals surface area contributed by atoms with E-state index in [-0.39, 0.29) is 30.0 Å². The van der Waals surface area contributed by atoms with E-state index in [2.05, 4.69) is 15.3 Å². The molecular weight excluding hydrogens is 328 g/mol. The van der Waals surface area contributed by atoms with Gasteiger partial charge in [-0.05, 0) is 37.3 Å². The fourth-order valence-electron chi connectivity index (χ4n) is 2.96. The van der Waals surface area contributed by atoms with E-state index in [9.17, 15) is 13.6 Å². The molecule has 7 heteroatoms. The van der Waals surface area contributed by atoms with Gasteiger partial charge >= 0.3 is 0 Å². The van der Waals surface area contributed by atoms with Gasteiger partial charge in [0.15, 0.2) is 0 Å². The van der Waals surface area contributed by atoms with Crippen molar-refractivity contribution in [2.75, 3.05) is 0 Å². The highest BCUT2D eigenvalue weighted by molar-refractivity contribution is 5.78. The molecular formula is C18H19F2N3O2. The summed E-state index contributed by atoms with van der Waals surface area (Å²) in [4.78, 5) is 20.1. The minimum atomic E-state index is -0.698. The molecule has 0 unspecified atom stereocenters. The molecule has 0 aliphatic heterocycles. The second kappa shape index (κ2) is 8.00. The summed E-state index contributed by atoms with van der Waals surface area (Å²) in [7, 11) is 0. The third-order valence-electron chi connectivity index (χ3n) is 4.23. The molecule has 0 bridgehead atoms. The number of benzene rings is 1. The lowest BCUT2D eigenvalue weighted by atomic mass is 9.92. The van der Waals surface area contributed by atoms with Gasteiger partial charge in [0.2, 0.25) is 11.8 Å². The maximum Gasteiger partial charge on any atom is 0.232 e. The summed E-state index contributed by atoms with van der Waals surface area (Å²) in [5.41, 5.74) is 0.193. The van der Waals surface area contributed by atoms with Crippen LogP contribution in [0.3, 0.4) is 0 Å². The van der Waals surface area contributed by atoms with Crippen molar-refractivity contribution in [3.8, 4) is 5.88 Å². The van der Waals surface area contributed by atoms with Crippen LogP contribution in [0.5, 0.6) is 5.88 Å². The van der Waals surface area contributed by atoms with Crippen molar-refractivity contribution in [3.05, 3.63) is 54.0 Å². The molecule has 1 heterocycles. The second-order valence-electron chi connectivity index (χ2n) is 6.12. The van der Waals surface area contributed by atoms with Gasteiger partial charge in [0.1, 0.15) is 17.7 Å². The number of nitrogens with one attached hydrogen (secondary N) is 1. The second-order valence-corrected chi connectivity index (χ2v) is 6.12. The van der Waals surface area contributed by atoms with Crippen molar-refractivity contribution < 1.29 is 18.3 Å². The normalized spacial score (nSPS) is 20.1. The van der Waals surface area contributed by atoms with E-state index in [1.165, 1.54) is 6.07 Å². The maximum absolute atomic E-state index is 13.6. The fraction of sp³-hybridized carbons (Fsp3) is 0.389. The van der Waals surface area contributed by atoms with Crippen molar-refractivity contribution in [2.24, 2.45) is 0 Å². The molecule has 5 nitrogen and oxygen atoms in total. The maximum atomic E-state index is 13.6. The van der Waals surface area contributed by atoms with Crippen LogP contribution in [0.1, 0.15) is 31.2 Å². The van der Waals surface area contributed by atoms with Gasteiger partial charge in [0.25, 0.3) is 0 Å². The van der Waals surface area contributed by atoms with Crippen molar-refractivity contribution >= 4 is 5.91 Å². The number of nitrogens with zero attached hydrogens (tertiary/aromatic N) is 2. The third-order valence-corrected chi connectivity index (χ3v) is 4.23. The highest BCUT2D eigenvalue weighted by Gasteiger charge is 2.24. The van der Waals surface area contributed by atoms with Gasteiger partial charge < -0.3 is 10.1 Å². The number of halogens is 2. The first-order valence-electron chi connectivity index (χ1n) is 8.26. The lowest BCUT2D eigenvalue weighted by Crippen LogP contribution is -2.40. The van der Waals surface area contributed by atoms with Gasteiger partial charge in [-0.3, -0.25) is 9.78 Å². The molecule has 2 aromatic rings. The van der Waals surface area contributed by atoms with Gasteiger partial charge in [-0.25, -0.2) is 13.8 Å². The number of aromatic nitrogens is 2. The SMILES string of the molecule is O=C(Cc1ccc(F)cc1F)NC1CCC(Oc2cnccn2)CC1. The molecule has 1 aliphatic carbocycles. The van der Waals surface area contributed by atoms with E-state index in [1.54, 1.807) is 18.6 Å². The number of rotatable bonds is 5. The number of hydrogen-bond donors (Lipinski definition) is 1. The van der Waals surface area contributed by atoms with Crippen LogP contribution in [0.4, 0.5) is 8.78 Å². The first-order valence-corrected chi connectivity index (χ1v) is 8.26. The zero-order valence-corrected chi connectivity index (χ0v) is 13.6. The largest absolute Gasteiger partial charge is 0.473 e. The van der Waals surface area contributed by atoms with E-state index < -0.39 is 11.6 Å². The topological polar surface area (TPSA) is 64.1 Å². The fourth-order valence-corrected chi connectivity index (χ4v) is 2.96. The molecule has 0 saturated heterocycles. The van der Waals surface area contributed by atoms with Gasteiger partial charge in [-0.2, -0.15) is 0 Å². The molecule has 0 spiro atoms. The summed E-state index contributed by atoms with van der Waals surface area (Å²) in [6.45, 7) is 0. The van der Waals surface area contributed by atoms with E-state index in [1.807, 2.05) is 0 Å². The number of ether oxygens (including phenoxy) is 1. The van der Waals surface area contributed by atoms with Gasteiger partial charge in [0.05, 0.1) is 12.6 Å². The van der Waals surface area contributed by atoms with Gasteiger partial charge in [-0.15, -0.1) is 0 Å². The number of carbonyl (C=O) groups excluding carboxylic acids is 1. The minimum absolute atomic E-state index is 0.0396.